The van der Waals surface area contributed by atoms with E-state index in [1.54, 1.807) is 17.0 Å². The Balaban J connectivity index is 1.67. The monoisotopic (exact) mass is 476 g/mol. The van der Waals surface area contributed by atoms with Crippen molar-refractivity contribution in [2.24, 2.45) is 10.9 Å². The Morgan fingerprint density at radius 3 is 2.74 bits per heavy atom. The van der Waals surface area contributed by atoms with E-state index in [4.69, 9.17) is 0 Å². The number of alkyl halides is 3. The molecule has 182 valence electrons. The standard InChI is InChI=1S/C23H27F3N6O2/c1-16(33)31-12-5-7-17(9-13-31)22(34)29-11-4-8-21(27-2)32-20(23(24,25)26)14-19(30-32)18-6-3-10-28-15-18/h3-4,6,8,10,14-15,17H,5,7,9,11-13H2,1-2H3,(H,29,34)/b8-4-,27-21?. The summed E-state index contributed by atoms with van der Waals surface area (Å²) in [6.07, 6.45) is 3.25. The lowest BCUT2D eigenvalue weighted by molar-refractivity contribution is -0.142. The summed E-state index contributed by atoms with van der Waals surface area (Å²) in [5, 5.41) is 6.88. The lowest BCUT2D eigenvalue weighted by atomic mass is 10.00. The highest BCUT2D eigenvalue weighted by Gasteiger charge is 2.37. The quantitative estimate of drug-likeness (QED) is 0.530. The summed E-state index contributed by atoms with van der Waals surface area (Å²) in [4.78, 5) is 33.7. The van der Waals surface area contributed by atoms with Gasteiger partial charge in [0.2, 0.25) is 11.8 Å². The molecule has 1 saturated heterocycles. The normalized spacial score (nSPS) is 17.6. The molecule has 0 saturated carbocycles. The second-order valence-electron chi connectivity index (χ2n) is 7.93. The molecule has 1 aliphatic rings. The fourth-order valence-electron chi connectivity index (χ4n) is 3.79. The van der Waals surface area contributed by atoms with Crippen molar-refractivity contribution in [3.05, 3.63) is 48.4 Å². The van der Waals surface area contributed by atoms with Crippen LogP contribution < -0.4 is 5.32 Å². The number of hydrogen-bond acceptors (Lipinski definition) is 5. The number of carbonyl (C=O) groups is 2. The van der Waals surface area contributed by atoms with Crippen LogP contribution in [-0.4, -0.2) is 64.0 Å². The molecule has 1 fully saturated rings. The molecule has 1 N–H and O–H groups in total. The summed E-state index contributed by atoms with van der Waals surface area (Å²) in [5.74, 6) is -0.372. The predicted octanol–water partition coefficient (Wildman–Crippen LogP) is 3.16. The molecule has 3 rings (SSSR count). The maximum Gasteiger partial charge on any atom is 0.433 e. The first-order valence-electron chi connectivity index (χ1n) is 10.9. The van der Waals surface area contributed by atoms with E-state index < -0.39 is 11.9 Å². The van der Waals surface area contributed by atoms with Crippen LogP contribution in [0.4, 0.5) is 13.2 Å². The molecule has 2 aromatic rings. The maximum absolute atomic E-state index is 13.6. The van der Waals surface area contributed by atoms with Crippen LogP contribution in [0.1, 0.15) is 31.9 Å². The van der Waals surface area contributed by atoms with Crippen molar-refractivity contribution in [2.75, 3.05) is 26.7 Å². The molecule has 0 bridgehead atoms. The topological polar surface area (TPSA) is 92.5 Å². The number of nitrogens with one attached hydrogen (secondary N) is 1. The first-order valence-corrected chi connectivity index (χ1v) is 10.9. The summed E-state index contributed by atoms with van der Waals surface area (Å²) in [5.41, 5.74) is -0.393. The van der Waals surface area contributed by atoms with E-state index in [9.17, 15) is 22.8 Å². The third-order valence-corrected chi connectivity index (χ3v) is 5.61. The van der Waals surface area contributed by atoms with Crippen molar-refractivity contribution < 1.29 is 22.8 Å². The van der Waals surface area contributed by atoms with E-state index >= 15 is 0 Å². The summed E-state index contributed by atoms with van der Waals surface area (Å²) in [7, 11) is 1.37. The molecule has 11 heteroatoms. The number of amides is 2. The number of aromatic nitrogens is 3. The summed E-state index contributed by atoms with van der Waals surface area (Å²) in [6, 6.07) is 4.19. The second-order valence-corrected chi connectivity index (χ2v) is 7.93. The smallest absolute Gasteiger partial charge is 0.352 e. The van der Waals surface area contributed by atoms with Gasteiger partial charge in [-0.2, -0.15) is 18.3 Å². The van der Waals surface area contributed by atoms with E-state index in [1.165, 1.54) is 38.5 Å². The van der Waals surface area contributed by atoms with Gasteiger partial charge in [0, 0.05) is 57.5 Å². The molecular weight excluding hydrogens is 449 g/mol. The average molecular weight is 477 g/mol. The van der Waals surface area contributed by atoms with Crippen LogP contribution in [0.25, 0.3) is 11.3 Å². The molecule has 1 unspecified atom stereocenters. The summed E-state index contributed by atoms with van der Waals surface area (Å²) in [6.45, 7) is 2.82. The Morgan fingerprint density at radius 2 is 2.09 bits per heavy atom. The minimum atomic E-state index is -4.64. The molecule has 8 nitrogen and oxygen atoms in total. The van der Waals surface area contributed by atoms with Crippen LogP contribution in [-0.2, 0) is 15.8 Å². The van der Waals surface area contributed by atoms with Crippen LogP contribution in [0, 0.1) is 5.92 Å². The predicted molar refractivity (Wildman–Crippen MR) is 121 cm³/mol. The molecule has 0 spiro atoms. The van der Waals surface area contributed by atoms with Gasteiger partial charge in [-0.1, -0.05) is 6.08 Å². The number of likely N-dealkylation sites (tertiary alicyclic amines) is 1. The molecule has 1 aliphatic heterocycles. The summed E-state index contributed by atoms with van der Waals surface area (Å²) >= 11 is 0. The van der Waals surface area contributed by atoms with E-state index in [-0.39, 0.29) is 35.8 Å². The molecule has 0 radical (unpaired) electrons. The lowest BCUT2D eigenvalue weighted by Gasteiger charge is -2.18. The molecule has 0 aromatic carbocycles. The molecule has 3 heterocycles. The zero-order valence-corrected chi connectivity index (χ0v) is 19.0. The van der Waals surface area contributed by atoms with Crippen molar-refractivity contribution in [3.8, 4) is 11.3 Å². The molecule has 34 heavy (non-hydrogen) atoms. The molecular formula is C23H27F3N6O2. The Labute approximate surface area is 195 Å². The van der Waals surface area contributed by atoms with Gasteiger partial charge in [-0.15, -0.1) is 0 Å². The van der Waals surface area contributed by atoms with Crippen molar-refractivity contribution in [2.45, 2.75) is 32.4 Å². The highest BCUT2D eigenvalue weighted by atomic mass is 19.4. The largest absolute Gasteiger partial charge is 0.433 e. The van der Waals surface area contributed by atoms with Gasteiger partial charge < -0.3 is 10.2 Å². The minimum absolute atomic E-state index is 0.00101. The SMILES string of the molecule is CN=C(/C=C\CNC(=O)C1CCCN(C(C)=O)CC1)n1nc(-c2cccnc2)cc1C(F)(F)F. The number of pyridine rings is 1. The van der Waals surface area contributed by atoms with Gasteiger partial charge in [0.25, 0.3) is 0 Å². The maximum atomic E-state index is 13.6. The van der Waals surface area contributed by atoms with E-state index in [0.717, 1.165) is 17.2 Å². The molecule has 2 aromatic heterocycles. The van der Waals surface area contributed by atoms with Crippen LogP contribution in [0.2, 0.25) is 0 Å². The number of allylic oxidation sites excluding steroid dienone is 1. The highest BCUT2D eigenvalue weighted by molar-refractivity contribution is 5.95. The number of nitrogens with zero attached hydrogens (tertiary/aromatic N) is 5. The first-order chi connectivity index (χ1) is 16.2. The van der Waals surface area contributed by atoms with Gasteiger partial charge in [-0.05, 0) is 43.5 Å². The van der Waals surface area contributed by atoms with E-state index in [1.807, 2.05) is 0 Å². The van der Waals surface area contributed by atoms with Crippen molar-refractivity contribution in [3.63, 3.8) is 0 Å². The van der Waals surface area contributed by atoms with E-state index in [0.29, 0.717) is 31.5 Å². The van der Waals surface area contributed by atoms with Crippen LogP contribution in [0.15, 0.2) is 47.7 Å². The van der Waals surface area contributed by atoms with Gasteiger partial charge in [0.15, 0.2) is 5.69 Å². The average Bonchev–Trinajstić information content (AvgIpc) is 3.11. The first kappa shape index (κ1) is 25.1. The number of aliphatic imine (C=N–C) groups is 1. The Kier molecular flexibility index (Phi) is 8.19. The Hall–Kier alpha value is -3.50. The third-order valence-electron chi connectivity index (χ3n) is 5.61. The molecule has 0 aliphatic carbocycles. The van der Waals surface area contributed by atoms with Gasteiger partial charge in [-0.25, -0.2) is 4.68 Å². The second kappa shape index (κ2) is 11.1. The van der Waals surface area contributed by atoms with Crippen molar-refractivity contribution in [1.29, 1.82) is 0 Å². The Bertz CT molecular complexity index is 1060. The number of carbonyl (C=O) groups excluding carboxylic acids is 2. The van der Waals surface area contributed by atoms with Crippen molar-refractivity contribution >= 4 is 17.6 Å². The molecule has 1 atom stereocenters. The summed E-state index contributed by atoms with van der Waals surface area (Å²) < 4.78 is 41.7. The van der Waals surface area contributed by atoms with Crippen LogP contribution >= 0.6 is 0 Å². The number of halogens is 3. The van der Waals surface area contributed by atoms with Crippen LogP contribution in [0.5, 0.6) is 0 Å². The highest BCUT2D eigenvalue weighted by Crippen LogP contribution is 2.32. The number of rotatable bonds is 5. The minimum Gasteiger partial charge on any atom is -0.352 e. The fraction of sp³-hybridized carbons (Fsp3) is 0.435. The van der Waals surface area contributed by atoms with Gasteiger partial charge in [0.05, 0.1) is 5.69 Å². The van der Waals surface area contributed by atoms with Crippen molar-refractivity contribution in [1.82, 2.24) is 25.0 Å². The zero-order valence-electron chi connectivity index (χ0n) is 19.0. The molecule has 2 amide bonds. The number of hydrogen-bond donors (Lipinski definition) is 1. The van der Waals surface area contributed by atoms with E-state index in [2.05, 4.69) is 20.4 Å². The van der Waals surface area contributed by atoms with Gasteiger partial charge in [0.1, 0.15) is 5.84 Å². The zero-order chi connectivity index (χ0) is 24.7. The lowest BCUT2D eigenvalue weighted by Crippen LogP contribution is -2.33. The Morgan fingerprint density at radius 1 is 1.29 bits per heavy atom. The van der Waals surface area contributed by atoms with Gasteiger partial charge in [-0.3, -0.25) is 19.6 Å². The third kappa shape index (κ3) is 6.30. The van der Waals surface area contributed by atoms with Gasteiger partial charge >= 0.3 is 6.18 Å². The van der Waals surface area contributed by atoms with Crippen LogP contribution in [0.3, 0.4) is 0 Å². The fourth-order valence-corrected chi connectivity index (χ4v) is 3.79.